The predicted octanol–water partition coefficient (Wildman–Crippen LogP) is 1.83. The average molecular weight is 370 g/mol. The monoisotopic (exact) mass is 370 g/mol. The van der Waals surface area contributed by atoms with Crippen LogP contribution >= 0.6 is 0 Å². The summed E-state index contributed by atoms with van der Waals surface area (Å²) in [5, 5.41) is 2.72. The van der Waals surface area contributed by atoms with Gasteiger partial charge < -0.3 is 10.1 Å². The molecule has 2 bridgehead atoms. The van der Waals surface area contributed by atoms with Crippen molar-refractivity contribution < 1.29 is 23.9 Å². The van der Waals surface area contributed by atoms with Gasteiger partial charge >= 0.3 is 5.97 Å². The number of nitrogens with zero attached hydrogens (tertiary/aromatic N) is 1. The van der Waals surface area contributed by atoms with E-state index in [4.69, 9.17) is 0 Å². The number of carbonyl (C=O) groups is 4. The number of fused-ring (bicyclic) bond motifs is 5. The van der Waals surface area contributed by atoms with Crippen molar-refractivity contribution in [3.05, 3.63) is 29.8 Å². The SMILES string of the molecule is COC(=O)c1ccc(NC(=O)CCN2C(=O)[C@H]3[C@H]4CC[C@@H](C4)[C@@H]3C2=O)cc1. The van der Waals surface area contributed by atoms with Crippen LogP contribution in [0.2, 0.25) is 0 Å². The summed E-state index contributed by atoms with van der Waals surface area (Å²) in [5.74, 6) is -0.498. The first-order valence-corrected chi connectivity index (χ1v) is 9.33. The molecule has 1 aromatic rings. The Morgan fingerprint density at radius 2 is 1.67 bits per heavy atom. The van der Waals surface area contributed by atoms with Crippen LogP contribution in [0.25, 0.3) is 0 Å². The lowest BCUT2D eigenvalue weighted by Gasteiger charge is -2.19. The molecular weight excluding hydrogens is 348 g/mol. The van der Waals surface area contributed by atoms with E-state index < -0.39 is 5.97 Å². The summed E-state index contributed by atoms with van der Waals surface area (Å²) in [5.41, 5.74) is 0.937. The molecule has 27 heavy (non-hydrogen) atoms. The van der Waals surface area contributed by atoms with Crippen LogP contribution in [0.5, 0.6) is 0 Å². The zero-order valence-corrected chi connectivity index (χ0v) is 15.1. The molecule has 7 nitrogen and oxygen atoms in total. The molecule has 7 heteroatoms. The van der Waals surface area contributed by atoms with Gasteiger partial charge in [0, 0.05) is 18.7 Å². The van der Waals surface area contributed by atoms with Crippen LogP contribution in [0, 0.1) is 23.7 Å². The van der Waals surface area contributed by atoms with Crippen molar-refractivity contribution in [3.63, 3.8) is 0 Å². The van der Waals surface area contributed by atoms with Gasteiger partial charge in [0.25, 0.3) is 0 Å². The average Bonchev–Trinajstić information content (AvgIpc) is 3.35. The number of anilines is 1. The van der Waals surface area contributed by atoms with E-state index >= 15 is 0 Å². The van der Waals surface area contributed by atoms with Gasteiger partial charge in [0.05, 0.1) is 24.5 Å². The fourth-order valence-electron chi connectivity index (χ4n) is 4.94. The third kappa shape index (κ3) is 3.01. The second-order valence-corrected chi connectivity index (χ2v) is 7.58. The molecule has 3 amide bonds. The predicted molar refractivity (Wildman–Crippen MR) is 95.6 cm³/mol. The highest BCUT2D eigenvalue weighted by Crippen LogP contribution is 2.56. The lowest BCUT2D eigenvalue weighted by atomic mass is 9.81. The van der Waals surface area contributed by atoms with Crippen molar-refractivity contribution in [2.75, 3.05) is 19.0 Å². The van der Waals surface area contributed by atoms with Crippen molar-refractivity contribution in [2.45, 2.75) is 25.7 Å². The maximum absolute atomic E-state index is 12.6. The summed E-state index contributed by atoms with van der Waals surface area (Å²) < 4.78 is 4.63. The van der Waals surface area contributed by atoms with E-state index in [1.807, 2.05) is 0 Å². The molecule has 4 rings (SSSR count). The van der Waals surface area contributed by atoms with Gasteiger partial charge in [-0.15, -0.1) is 0 Å². The van der Waals surface area contributed by atoms with Crippen LogP contribution < -0.4 is 5.32 Å². The number of hydrogen-bond donors (Lipinski definition) is 1. The van der Waals surface area contributed by atoms with Gasteiger partial charge in [-0.05, 0) is 55.4 Å². The van der Waals surface area contributed by atoms with Gasteiger partial charge in [0.15, 0.2) is 0 Å². The maximum atomic E-state index is 12.6. The van der Waals surface area contributed by atoms with Crippen LogP contribution in [-0.2, 0) is 19.1 Å². The molecule has 142 valence electrons. The van der Waals surface area contributed by atoms with Crippen LogP contribution in [0.15, 0.2) is 24.3 Å². The van der Waals surface area contributed by atoms with Gasteiger partial charge in [-0.2, -0.15) is 0 Å². The molecular formula is C20H22N2O5. The van der Waals surface area contributed by atoms with Gasteiger partial charge in [0.1, 0.15) is 0 Å². The summed E-state index contributed by atoms with van der Waals surface area (Å²) >= 11 is 0. The second-order valence-electron chi connectivity index (χ2n) is 7.58. The minimum Gasteiger partial charge on any atom is -0.465 e. The number of methoxy groups -OCH3 is 1. The number of hydrogen-bond acceptors (Lipinski definition) is 5. The Bertz CT molecular complexity index is 775. The fraction of sp³-hybridized carbons (Fsp3) is 0.500. The molecule has 1 saturated heterocycles. The smallest absolute Gasteiger partial charge is 0.337 e. The molecule has 1 aliphatic heterocycles. The third-order valence-corrected chi connectivity index (χ3v) is 6.17. The highest BCUT2D eigenvalue weighted by molar-refractivity contribution is 6.06. The molecule has 0 spiro atoms. The summed E-state index contributed by atoms with van der Waals surface area (Å²) in [7, 11) is 1.30. The van der Waals surface area contributed by atoms with E-state index in [-0.39, 0.29) is 42.5 Å². The van der Waals surface area contributed by atoms with Crippen LogP contribution in [0.3, 0.4) is 0 Å². The first-order chi connectivity index (χ1) is 13.0. The van der Waals surface area contributed by atoms with Gasteiger partial charge in [-0.1, -0.05) is 0 Å². The van der Waals surface area contributed by atoms with Crippen molar-refractivity contribution in [2.24, 2.45) is 23.7 Å². The number of amides is 3. The molecule has 1 aromatic carbocycles. The number of ether oxygens (including phenoxy) is 1. The molecule has 2 saturated carbocycles. The van der Waals surface area contributed by atoms with E-state index in [9.17, 15) is 19.2 Å². The van der Waals surface area contributed by atoms with Crippen LogP contribution in [-0.4, -0.2) is 42.2 Å². The standard InChI is InChI=1S/C20H22N2O5/c1-27-20(26)11-4-6-14(7-5-11)21-15(23)8-9-22-18(24)16-12-2-3-13(10-12)17(16)19(22)25/h4-7,12-13,16-17H,2-3,8-10H2,1H3,(H,21,23)/t12-,13-,16-,17-/m0/s1. The maximum Gasteiger partial charge on any atom is 0.337 e. The number of benzene rings is 1. The summed E-state index contributed by atoms with van der Waals surface area (Å²) in [6.07, 6.45) is 3.15. The van der Waals surface area contributed by atoms with Gasteiger partial charge in [-0.25, -0.2) is 4.79 Å². The first-order valence-electron chi connectivity index (χ1n) is 9.33. The highest BCUT2D eigenvalue weighted by Gasteiger charge is 2.60. The third-order valence-electron chi connectivity index (χ3n) is 6.17. The summed E-state index contributed by atoms with van der Waals surface area (Å²) in [6, 6.07) is 6.34. The molecule has 0 aromatic heterocycles. The summed E-state index contributed by atoms with van der Waals surface area (Å²) in [4.78, 5) is 50.1. The number of rotatable bonds is 5. The van der Waals surface area contributed by atoms with Crippen LogP contribution in [0.1, 0.15) is 36.0 Å². The molecule has 4 atom stereocenters. The van der Waals surface area contributed by atoms with Crippen molar-refractivity contribution in [1.29, 1.82) is 0 Å². The molecule has 3 fully saturated rings. The van der Waals surface area contributed by atoms with Gasteiger partial charge in [-0.3, -0.25) is 19.3 Å². The number of likely N-dealkylation sites (tertiary alicyclic amines) is 1. The normalized spacial score (nSPS) is 28.4. The Morgan fingerprint density at radius 1 is 1.07 bits per heavy atom. The lowest BCUT2D eigenvalue weighted by Crippen LogP contribution is -2.35. The number of carbonyl (C=O) groups excluding carboxylic acids is 4. The van der Waals surface area contributed by atoms with E-state index in [2.05, 4.69) is 10.1 Å². The van der Waals surface area contributed by atoms with E-state index in [0.717, 1.165) is 19.3 Å². The second kappa shape index (κ2) is 6.79. The molecule has 0 radical (unpaired) electrons. The van der Waals surface area contributed by atoms with Crippen molar-refractivity contribution in [3.8, 4) is 0 Å². The first kappa shape index (κ1) is 17.7. The minimum absolute atomic E-state index is 0.0605. The number of nitrogens with one attached hydrogen (secondary N) is 1. The fourth-order valence-corrected chi connectivity index (χ4v) is 4.94. The largest absolute Gasteiger partial charge is 0.465 e. The van der Waals surface area contributed by atoms with Crippen LogP contribution in [0.4, 0.5) is 5.69 Å². The Morgan fingerprint density at radius 3 is 2.22 bits per heavy atom. The Balaban J connectivity index is 1.32. The quantitative estimate of drug-likeness (QED) is 0.631. The lowest BCUT2D eigenvalue weighted by molar-refractivity contribution is -0.140. The van der Waals surface area contributed by atoms with E-state index in [1.54, 1.807) is 24.3 Å². The molecule has 0 unspecified atom stereocenters. The Labute approximate surface area is 157 Å². The van der Waals surface area contributed by atoms with E-state index in [1.165, 1.54) is 12.0 Å². The molecule has 3 aliphatic rings. The Hall–Kier alpha value is -2.70. The topological polar surface area (TPSA) is 92.8 Å². The summed E-state index contributed by atoms with van der Waals surface area (Å²) in [6.45, 7) is 0.121. The van der Waals surface area contributed by atoms with E-state index in [0.29, 0.717) is 23.1 Å². The van der Waals surface area contributed by atoms with Gasteiger partial charge in [0.2, 0.25) is 17.7 Å². The number of imide groups is 1. The van der Waals surface area contributed by atoms with Crippen molar-refractivity contribution >= 4 is 29.4 Å². The molecule has 2 aliphatic carbocycles. The highest BCUT2D eigenvalue weighted by atomic mass is 16.5. The molecule has 1 N–H and O–H groups in total. The zero-order chi connectivity index (χ0) is 19.1. The minimum atomic E-state index is -0.446. The zero-order valence-electron chi connectivity index (χ0n) is 15.1. The Kier molecular flexibility index (Phi) is 4.45. The molecule has 1 heterocycles. The van der Waals surface area contributed by atoms with Crippen molar-refractivity contribution in [1.82, 2.24) is 4.90 Å². The number of esters is 1.